The molecule has 16 heavy (non-hydrogen) atoms. The predicted molar refractivity (Wildman–Crippen MR) is 65.1 cm³/mol. The first-order chi connectivity index (χ1) is 7.75. The lowest BCUT2D eigenvalue weighted by molar-refractivity contribution is -0.122. The first-order valence-corrected chi connectivity index (χ1v) is 6.10. The van der Waals surface area contributed by atoms with E-state index in [4.69, 9.17) is 0 Å². The lowest BCUT2D eigenvalue weighted by Crippen LogP contribution is -2.33. The van der Waals surface area contributed by atoms with Gasteiger partial charge in [-0.25, -0.2) is 0 Å². The topological polar surface area (TPSA) is 29.1 Å². The van der Waals surface area contributed by atoms with Crippen molar-refractivity contribution in [2.75, 3.05) is 0 Å². The van der Waals surface area contributed by atoms with E-state index in [0.717, 1.165) is 25.7 Å². The smallest absolute Gasteiger partial charge is 0.223 e. The van der Waals surface area contributed by atoms with Gasteiger partial charge in [0, 0.05) is 12.0 Å². The van der Waals surface area contributed by atoms with E-state index in [1.54, 1.807) is 0 Å². The lowest BCUT2D eigenvalue weighted by Gasteiger charge is -2.13. The molecule has 1 aromatic carbocycles. The summed E-state index contributed by atoms with van der Waals surface area (Å²) >= 11 is 0. The Labute approximate surface area is 97.1 Å². The van der Waals surface area contributed by atoms with Gasteiger partial charge >= 0.3 is 0 Å². The zero-order chi connectivity index (χ0) is 11.4. The van der Waals surface area contributed by atoms with Gasteiger partial charge in [0.25, 0.3) is 0 Å². The molecule has 2 nitrogen and oxygen atoms in total. The second-order valence-corrected chi connectivity index (χ2v) is 4.71. The molecule has 2 heteroatoms. The Morgan fingerprint density at radius 3 is 2.69 bits per heavy atom. The molecule has 2 rings (SSSR count). The van der Waals surface area contributed by atoms with Crippen molar-refractivity contribution in [2.45, 2.75) is 38.6 Å². The van der Waals surface area contributed by atoms with E-state index in [0.29, 0.717) is 5.92 Å². The van der Waals surface area contributed by atoms with Crippen LogP contribution < -0.4 is 5.32 Å². The van der Waals surface area contributed by atoms with Crippen molar-refractivity contribution >= 4 is 5.91 Å². The number of carbonyl (C=O) groups excluding carboxylic acids is 1. The largest absolute Gasteiger partial charge is 0.353 e. The number of amides is 1. The molecule has 1 atom stereocenters. The first-order valence-electron chi connectivity index (χ1n) is 6.10. The third-order valence-corrected chi connectivity index (χ3v) is 3.05. The zero-order valence-corrected chi connectivity index (χ0v) is 9.78. The van der Waals surface area contributed by atoms with Crippen molar-refractivity contribution in [3.63, 3.8) is 0 Å². The fraction of sp³-hybridized carbons (Fsp3) is 0.500. The van der Waals surface area contributed by atoms with Gasteiger partial charge in [-0.2, -0.15) is 0 Å². The summed E-state index contributed by atoms with van der Waals surface area (Å²) in [6.07, 6.45) is 4.21. The van der Waals surface area contributed by atoms with E-state index < -0.39 is 0 Å². The maximum Gasteiger partial charge on any atom is 0.223 e. The lowest BCUT2D eigenvalue weighted by atomic mass is 10.1. The van der Waals surface area contributed by atoms with Crippen LogP contribution in [-0.2, 0) is 11.2 Å². The summed E-state index contributed by atoms with van der Waals surface area (Å²) in [4.78, 5) is 11.5. The number of hydrogen-bond donors (Lipinski definition) is 1. The third-order valence-electron chi connectivity index (χ3n) is 3.05. The fourth-order valence-electron chi connectivity index (χ4n) is 1.81. The fourth-order valence-corrected chi connectivity index (χ4v) is 1.81. The molecular formula is C14H19NO. The van der Waals surface area contributed by atoms with Crippen LogP contribution in [0.1, 0.15) is 31.7 Å². The zero-order valence-electron chi connectivity index (χ0n) is 9.78. The van der Waals surface area contributed by atoms with Gasteiger partial charge in [-0.3, -0.25) is 4.79 Å². The summed E-state index contributed by atoms with van der Waals surface area (Å²) in [7, 11) is 0. The molecule has 0 aliphatic heterocycles. The highest BCUT2D eigenvalue weighted by Gasteiger charge is 2.29. The first kappa shape index (κ1) is 11.2. The Morgan fingerprint density at radius 2 is 2.06 bits per heavy atom. The van der Waals surface area contributed by atoms with Crippen molar-refractivity contribution in [3.05, 3.63) is 35.9 Å². The normalized spacial score (nSPS) is 16.8. The van der Waals surface area contributed by atoms with Gasteiger partial charge in [-0.05, 0) is 38.2 Å². The summed E-state index contributed by atoms with van der Waals surface area (Å²) in [6, 6.07) is 10.7. The molecule has 1 fully saturated rings. The molecule has 0 aromatic heterocycles. The molecule has 0 spiro atoms. The Bertz CT molecular complexity index is 343. The van der Waals surface area contributed by atoms with Crippen molar-refractivity contribution in [1.29, 1.82) is 0 Å². The summed E-state index contributed by atoms with van der Waals surface area (Å²) in [5.41, 5.74) is 1.34. The Kier molecular flexibility index (Phi) is 3.60. The minimum atomic E-state index is 0.251. The second kappa shape index (κ2) is 5.15. The number of hydrogen-bond acceptors (Lipinski definition) is 1. The molecule has 0 heterocycles. The molecule has 1 amide bonds. The molecule has 0 radical (unpaired) electrons. The van der Waals surface area contributed by atoms with Crippen LogP contribution in [0, 0.1) is 5.92 Å². The highest BCUT2D eigenvalue weighted by atomic mass is 16.2. The van der Waals surface area contributed by atoms with Gasteiger partial charge in [-0.1, -0.05) is 30.3 Å². The van der Waals surface area contributed by atoms with Gasteiger partial charge < -0.3 is 5.32 Å². The number of benzene rings is 1. The molecule has 1 aliphatic carbocycles. The predicted octanol–water partition coefficient (Wildman–Crippen LogP) is 2.53. The molecule has 1 saturated carbocycles. The third kappa shape index (κ3) is 3.37. The van der Waals surface area contributed by atoms with Crippen LogP contribution >= 0.6 is 0 Å². The van der Waals surface area contributed by atoms with Crippen molar-refractivity contribution < 1.29 is 4.79 Å². The summed E-state index contributed by atoms with van der Waals surface area (Å²) in [5.74, 6) is 0.569. The van der Waals surface area contributed by atoms with Gasteiger partial charge in [0.15, 0.2) is 0 Å². The molecule has 0 saturated heterocycles. The molecule has 86 valence electrons. The monoisotopic (exact) mass is 217 g/mol. The van der Waals surface area contributed by atoms with E-state index in [1.165, 1.54) is 5.56 Å². The van der Waals surface area contributed by atoms with Crippen LogP contribution in [0.25, 0.3) is 0 Å². The Balaban J connectivity index is 1.71. The number of carbonyl (C=O) groups is 1. The van der Waals surface area contributed by atoms with Crippen LogP contribution in [0.5, 0.6) is 0 Å². The number of rotatable bonds is 5. The average Bonchev–Trinajstić information content (AvgIpc) is 3.11. The van der Waals surface area contributed by atoms with Crippen molar-refractivity contribution in [3.8, 4) is 0 Å². The van der Waals surface area contributed by atoms with Gasteiger partial charge in [0.05, 0.1) is 0 Å². The van der Waals surface area contributed by atoms with Crippen LogP contribution in [-0.4, -0.2) is 11.9 Å². The number of aryl methyl sites for hydroxylation is 1. The maximum atomic E-state index is 11.5. The van der Waals surface area contributed by atoms with E-state index in [-0.39, 0.29) is 11.9 Å². The molecule has 1 N–H and O–H groups in total. The van der Waals surface area contributed by atoms with Gasteiger partial charge in [-0.15, -0.1) is 0 Å². The Morgan fingerprint density at radius 1 is 1.38 bits per heavy atom. The van der Waals surface area contributed by atoms with Crippen LogP contribution in [0.4, 0.5) is 0 Å². The van der Waals surface area contributed by atoms with Crippen molar-refractivity contribution in [2.24, 2.45) is 5.92 Å². The van der Waals surface area contributed by atoms with Gasteiger partial charge in [0.1, 0.15) is 0 Å². The SMILES string of the molecule is CC(CCc1ccccc1)NC(=O)C1CC1. The van der Waals surface area contributed by atoms with Gasteiger partial charge in [0.2, 0.25) is 5.91 Å². The summed E-state index contributed by atoms with van der Waals surface area (Å²) in [6.45, 7) is 2.09. The standard InChI is InChI=1S/C14H19NO/c1-11(15-14(16)13-9-10-13)7-8-12-5-3-2-4-6-12/h2-6,11,13H,7-10H2,1H3,(H,15,16). The van der Waals surface area contributed by atoms with Crippen LogP contribution in [0.2, 0.25) is 0 Å². The maximum absolute atomic E-state index is 11.5. The van der Waals surface area contributed by atoms with E-state index in [1.807, 2.05) is 6.07 Å². The van der Waals surface area contributed by atoms with E-state index in [9.17, 15) is 4.79 Å². The van der Waals surface area contributed by atoms with E-state index >= 15 is 0 Å². The molecular weight excluding hydrogens is 198 g/mol. The molecule has 0 bridgehead atoms. The van der Waals surface area contributed by atoms with Crippen LogP contribution in [0.3, 0.4) is 0 Å². The van der Waals surface area contributed by atoms with E-state index in [2.05, 4.69) is 36.5 Å². The average molecular weight is 217 g/mol. The second-order valence-electron chi connectivity index (χ2n) is 4.71. The highest BCUT2D eigenvalue weighted by Crippen LogP contribution is 2.28. The Hall–Kier alpha value is -1.31. The molecule has 1 aromatic rings. The molecule has 1 aliphatic rings. The minimum Gasteiger partial charge on any atom is -0.353 e. The summed E-state index contributed by atoms with van der Waals surface area (Å²) in [5, 5.41) is 3.07. The highest BCUT2D eigenvalue weighted by molar-refractivity contribution is 5.81. The van der Waals surface area contributed by atoms with Crippen LogP contribution in [0.15, 0.2) is 30.3 Å². The quantitative estimate of drug-likeness (QED) is 0.806. The minimum absolute atomic E-state index is 0.251. The molecule has 1 unspecified atom stereocenters. The number of nitrogens with one attached hydrogen (secondary N) is 1. The summed E-state index contributed by atoms with van der Waals surface area (Å²) < 4.78 is 0. The van der Waals surface area contributed by atoms with Crippen molar-refractivity contribution in [1.82, 2.24) is 5.32 Å².